The van der Waals surface area contributed by atoms with Gasteiger partial charge in [-0.1, -0.05) is 13.8 Å². The van der Waals surface area contributed by atoms with Crippen molar-refractivity contribution in [2.75, 3.05) is 18.8 Å². The van der Waals surface area contributed by atoms with Crippen LogP contribution >= 0.6 is 0 Å². The fraction of sp³-hybridized carbons (Fsp3) is 0.538. The number of hydrogen-bond acceptors (Lipinski definition) is 4. The van der Waals surface area contributed by atoms with Crippen molar-refractivity contribution >= 4 is 15.7 Å². The lowest BCUT2D eigenvalue weighted by atomic mass is 9.90. The second kappa shape index (κ2) is 5.02. The number of benzene rings is 1. The summed E-state index contributed by atoms with van der Waals surface area (Å²) in [7, 11) is -3.52. The van der Waals surface area contributed by atoms with Gasteiger partial charge in [0.2, 0.25) is 10.0 Å². The maximum Gasteiger partial charge on any atom is 0.243 e. The second-order valence-corrected chi connectivity index (χ2v) is 7.26. The molecule has 106 valence electrons. The molecule has 0 saturated carbocycles. The fourth-order valence-electron chi connectivity index (χ4n) is 2.29. The summed E-state index contributed by atoms with van der Waals surface area (Å²) >= 11 is 0. The molecule has 0 spiro atoms. The number of nitrogens with two attached hydrogens (primary N) is 1. The van der Waals surface area contributed by atoms with Gasteiger partial charge in [-0.15, -0.1) is 0 Å². The van der Waals surface area contributed by atoms with Gasteiger partial charge in [0.05, 0.1) is 10.6 Å². The normalized spacial score (nSPS) is 25.4. The predicted molar refractivity (Wildman–Crippen MR) is 74.2 cm³/mol. The van der Waals surface area contributed by atoms with Crippen LogP contribution in [0.3, 0.4) is 0 Å². The number of piperidine rings is 1. The zero-order valence-corrected chi connectivity index (χ0v) is 12.0. The first kappa shape index (κ1) is 14.1. The predicted octanol–water partition coefficient (Wildman–Crippen LogP) is 1.64. The van der Waals surface area contributed by atoms with Crippen LogP contribution in [0.4, 0.5) is 5.69 Å². The highest BCUT2D eigenvalue weighted by molar-refractivity contribution is 7.89. The van der Waals surface area contributed by atoms with Crippen molar-refractivity contribution in [3.8, 4) is 5.75 Å². The number of nitrogens with zero attached hydrogens (tertiary/aromatic N) is 1. The number of sulfonamides is 1. The molecule has 1 aromatic carbocycles. The van der Waals surface area contributed by atoms with Gasteiger partial charge < -0.3 is 10.8 Å². The minimum Gasteiger partial charge on any atom is -0.506 e. The maximum absolute atomic E-state index is 12.5. The smallest absolute Gasteiger partial charge is 0.243 e. The summed E-state index contributed by atoms with van der Waals surface area (Å²) in [5.41, 5.74) is 5.65. The summed E-state index contributed by atoms with van der Waals surface area (Å²) in [4.78, 5) is 0.143. The molecule has 0 amide bonds. The quantitative estimate of drug-likeness (QED) is 0.639. The van der Waals surface area contributed by atoms with E-state index in [4.69, 9.17) is 5.73 Å². The molecule has 2 unspecified atom stereocenters. The van der Waals surface area contributed by atoms with Crippen LogP contribution in [-0.2, 0) is 10.0 Å². The third kappa shape index (κ3) is 2.69. The molecule has 0 radical (unpaired) electrons. The Balaban J connectivity index is 2.29. The molecule has 6 heteroatoms. The maximum atomic E-state index is 12.5. The van der Waals surface area contributed by atoms with Gasteiger partial charge in [-0.2, -0.15) is 4.31 Å². The minimum atomic E-state index is -3.52. The number of phenols is 1. The standard InChI is InChI=1S/C13H20N2O3S/c1-9-5-6-15(8-10(9)2)19(17,18)11-3-4-13(16)12(14)7-11/h3-4,7,9-10,16H,5-6,8,14H2,1-2H3. The van der Waals surface area contributed by atoms with Gasteiger partial charge in [-0.25, -0.2) is 8.42 Å². The van der Waals surface area contributed by atoms with Crippen LogP contribution in [0.1, 0.15) is 20.3 Å². The number of aromatic hydroxyl groups is 1. The number of hydrogen-bond donors (Lipinski definition) is 2. The highest BCUT2D eigenvalue weighted by Gasteiger charge is 2.31. The van der Waals surface area contributed by atoms with Crippen LogP contribution in [0, 0.1) is 11.8 Å². The molecule has 1 aromatic rings. The second-order valence-electron chi connectivity index (χ2n) is 5.33. The molecular formula is C13H20N2O3S. The van der Waals surface area contributed by atoms with Crippen molar-refractivity contribution in [2.24, 2.45) is 11.8 Å². The van der Waals surface area contributed by atoms with Crippen LogP contribution in [0.2, 0.25) is 0 Å². The van der Waals surface area contributed by atoms with E-state index < -0.39 is 10.0 Å². The Hall–Kier alpha value is -1.27. The highest BCUT2D eigenvalue weighted by atomic mass is 32.2. The molecule has 3 N–H and O–H groups in total. The molecule has 1 aliphatic rings. The number of phenolic OH excluding ortho intramolecular Hbond substituents is 1. The molecule has 5 nitrogen and oxygen atoms in total. The Bertz CT molecular complexity index is 571. The number of anilines is 1. The molecule has 2 rings (SSSR count). The largest absolute Gasteiger partial charge is 0.506 e. The van der Waals surface area contributed by atoms with E-state index in [9.17, 15) is 13.5 Å². The summed E-state index contributed by atoms with van der Waals surface area (Å²) < 4.78 is 26.5. The lowest BCUT2D eigenvalue weighted by Gasteiger charge is -2.34. The molecule has 2 atom stereocenters. The number of nitrogen functional groups attached to an aromatic ring is 1. The van der Waals surface area contributed by atoms with Crippen LogP contribution in [0.15, 0.2) is 23.1 Å². The fourth-order valence-corrected chi connectivity index (χ4v) is 3.88. The molecular weight excluding hydrogens is 264 g/mol. The Labute approximate surface area is 114 Å². The van der Waals surface area contributed by atoms with Crippen LogP contribution in [0.25, 0.3) is 0 Å². The van der Waals surface area contributed by atoms with Gasteiger partial charge in [0, 0.05) is 13.1 Å². The number of rotatable bonds is 2. The van der Waals surface area contributed by atoms with E-state index in [1.807, 2.05) is 0 Å². The van der Waals surface area contributed by atoms with Gasteiger partial charge >= 0.3 is 0 Å². The molecule has 0 aromatic heterocycles. The third-order valence-electron chi connectivity index (χ3n) is 3.93. The first-order chi connectivity index (χ1) is 8.82. The van der Waals surface area contributed by atoms with Crippen molar-refractivity contribution in [3.05, 3.63) is 18.2 Å². The Kier molecular flexibility index (Phi) is 3.73. The van der Waals surface area contributed by atoms with E-state index in [0.717, 1.165) is 6.42 Å². The minimum absolute atomic E-state index is 0.0829. The molecule has 1 heterocycles. The lowest BCUT2D eigenvalue weighted by Crippen LogP contribution is -2.42. The van der Waals surface area contributed by atoms with Crippen LogP contribution in [0.5, 0.6) is 5.75 Å². The summed E-state index contributed by atoms with van der Waals surface area (Å²) in [5, 5.41) is 9.36. The highest BCUT2D eigenvalue weighted by Crippen LogP contribution is 2.29. The lowest BCUT2D eigenvalue weighted by molar-refractivity contribution is 0.212. The van der Waals surface area contributed by atoms with Crippen molar-refractivity contribution < 1.29 is 13.5 Å². The summed E-state index contributed by atoms with van der Waals surface area (Å²) in [5.74, 6) is 0.786. The SMILES string of the molecule is CC1CCN(S(=O)(=O)c2ccc(O)c(N)c2)CC1C. The average Bonchev–Trinajstić information content (AvgIpc) is 2.35. The molecule has 0 aliphatic carbocycles. The van der Waals surface area contributed by atoms with E-state index in [-0.39, 0.29) is 16.3 Å². The van der Waals surface area contributed by atoms with Crippen molar-refractivity contribution in [1.29, 1.82) is 0 Å². The van der Waals surface area contributed by atoms with Crippen LogP contribution in [-0.4, -0.2) is 30.9 Å². The van der Waals surface area contributed by atoms with Crippen molar-refractivity contribution in [3.63, 3.8) is 0 Å². The van der Waals surface area contributed by atoms with Gasteiger partial charge in [0.25, 0.3) is 0 Å². The molecule has 0 bridgehead atoms. The first-order valence-electron chi connectivity index (χ1n) is 6.41. The Morgan fingerprint density at radius 3 is 2.58 bits per heavy atom. The van der Waals surface area contributed by atoms with Gasteiger partial charge in [0.15, 0.2) is 0 Å². The first-order valence-corrected chi connectivity index (χ1v) is 7.85. The van der Waals surface area contributed by atoms with E-state index >= 15 is 0 Å². The van der Waals surface area contributed by atoms with E-state index in [2.05, 4.69) is 13.8 Å². The third-order valence-corrected chi connectivity index (χ3v) is 5.79. The molecule has 1 fully saturated rings. The van der Waals surface area contributed by atoms with Crippen molar-refractivity contribution in [2.45, 2.75) is 25.2 Å². The van der Waals surface area contributed by atoms with E-state index in [1.54, 1.807) is 0 Å². The molecule has 1 aliphatic heterocycles. The summed E-state index contributed by atoms with van der Waals surface area (Å²) in [6, 6.07) is 4.02. The van der Waals surface area contributed by atoms with Gasteiger partial charge in [-0.05, 0) is 36.5 Å². The molecule has 19 heavy (non-hydrogen) atoms. The topological polar surface area (TPSA) is 83.6 Å². The van der Waals surface area contributed by atoms with Gasteiger partial charge in [0.1, 0.15) is 5.75 Å². The van der Waals surface area contributed by atoms with Crippen LogP contribution < -0.4 is 5.73 Å². The van der Waals surface area contributed by atoms with E-state index in [0.29, 0.717) is 24.9 Å². The van der Waals surface area contributed by atoms with Gasteiger partial charge in [-0.3, -0.25) is 0 Å². The Morgan fingerprint density at radius 2 is 2.00 bits per heavy atom. The molecule has 1 saturated heterocycles. The summed E-state index contributed by atoms with van der Waals surface area (Å²) in [6.45, 7) is 5.28. The average molecular weight is 284 g/mol. The summed E-state index contributed by atoms with van der Waals surface area (Å²) in [6.07, 6.45) is 0.869. The zero-order chi connectivity index (χ0) is 14.2. The van der Waals surface area contributed by atoms with Crippen molar-refractivity contribution in [1.82, 2.24) is 4.31 Å². The Morgan fingerprint density at radius 1 is 1.32 bits per heavy atom. The zero-order valence-electron chi connectivity index (χ0n) is 11.2. The van der Waals surface area contributed by atoms with E-state index in [1.165, 1.54) is 22.5 Å². The monoisotopic (exact) mass is 284 g/mol.